The Labute approximate surface area is 106 Å². The Balaban J connectivity index is 2.20. The molecule has 0 unspecified atom stereocenters. The van der Waals surface area contributed by atoms with E-state index in [1.54, 1.807) is 19.1 Å². The molecule has 3 N–H and O–H groups in total. The van der Waals surface area contributed by atoms with Crippen LogP contribution in [0, 0.1) is 0 Å². The molecule has 1 aromatic carbocycles. The number of ketones is 1. The minimum atomic E-state index is -3.66. The Kier molecular flexibility index (Phi) is 3.23. The van der Waals surface area contributed by atoms with Crippen molar-refractivity contribution in [1.29, 1.82) is 0 Å². The van der Waals surface area contributed by atoms with Gasteiger partial charge >= 0.3 is 0 Å². The predicted octanol–water partition coefficient (Wildman–Crippen LogP) is 1.38. The second-order valence-corrected chi connectivity index (χ2v) is 5.78. The van der Waals surface area contributed by atoms with Crippen LogP contribution in [0.4, 0.5) is 5.69 Å². The fourth-order valence-electron chi connectivity index (χ4n) is 1.84. The number of rotatable bonds is 3. The first-order chi connectivity index (χ1) is 8.38. The molecule has 0 aliphatic heterocycles. The summed E-state index contributed by atoms with van der Waals surface area (Å²) < 4.78 is 22.2. The van der Waals surface area contributed by atoms with E-state index >= 15 is 0 Å². The van der Waals surface area contributed by atoms with Crippen LogP contribution in [0.15, 0.2) is 40.4 Å². The van der Waals surface area contributed by atoms with E-state index in [9.17, 15) is 13.2 Å². The number of nitrogens with two attached hydrogens (primary N) is 1. The summed E-state index contributed by atoms with van der Waals surface area (Å²) in [4.78, 5) is 11.4. The van der Waals surface area contributed by atoms with E-state index in [-0.39, 0.29) is 10.7 Å². The minimum absolute atomic E-state index is 0.0706. The number of nitrogens with one attached hydrogen (secondary N) is 1. The molecule has 5 nitrogen and oxygen atoms in total. The highest BCUT2D eigenvalue weighted by Crippen LogP contribution is 2.24. The Morgan fingerprint density at radius 3 is 2.22 bits per heavy atom. The second kappa shape index (κ2) is 4.55. The summed E-state index contributed by atoms with van der Waals surface area (Å²) in [5.41, 5.74) is 2.38. The Morgan fingerprint density at radius 1 is 1.17 bits per heavy atom. The number of primary sulfonamides is 1. The molecular weight excluding hydrogens is 252 g/mol. The molecule has 1 aromatic rings. The Bertz CT molecular complexity index is 615. The fraction of sp³-hybridized carbons (Fsp3) is 0.250. The van der Waals surface area contributed by atoms with Crippen molar-refractivity contribution in [2.24, 2.45) is 5.14 Å². The Morgan fingerprint density at radius 2 is 1.78 bits per heavy atom. The number of carbonyl (C=O) groups excluding carboxylic acids is 1. The number of sulfonamides is 1. The average molecular weight is 266 g/mol. The van der Waals surface area contributed by atoms with Gasteiger partial charge in [0.25, 0.3) is 0 Å². The molecule has 0 bridgehead atoms. The zero-order chi connectivity index (χ0) is 13.3. The number of anilines is 1. The SMILES string of the molecule is CC1=C(Nc2ccc(S(N)(=O)=O)cc2)CCC1=O. The van der Waals surface area contributed by atoms with Gasteiger partial charge in [-0.2, -0.15) is 0 Å². The number of carbonyl (C=O) groups is 1. The molecule has 1 aliphatic carbocycles. The molecule has 96 valence electrons. The number of hydrogen-bond donors (Lipinski definition) is 2. The topological polar surface area (TPSA) is 89.3 Å². The summed E-state index contributed by atoms with van der Waals surface area (Å²) in [6.45, 7) is 1.79. The lowest BCUT2D eigenvalue weighted by Crippen LogP contribution is -2.12. The molecule has 0 saturated heterocycles. The lowest BCUT2D eigenvalue weighted by atomic mass is 10.2. The van der Waals surface area contributed by atoms with Crippen molar-refractivity contribution in [1.82, 2.24) is 0 Å². The molecule has 0 heterocycles. The smallest absolute Gasteiger partial charge is 0.238 e. The maximum absolute atomic E-state index is 11.4. The third-order valence-corrected chi connectivity index (χ3v) is 3.88. The van der Waals surface area contributed by atoms with Gasteiger partial charge in [-0.25, -0.2) is 13.6 Å². The zero-order valence-electron chi connectivity index (χ0n) is 9.93. The molecule has 2 rings (SSSR count). The molecule has 0 amide bonds. The van der Waals surface area contributed by atoms with Crippen LogP contribution >= 0.6 is 0 Å². The molecule has 0 saturated carbocycles. The lowest BCUT2D eigenvalue weighted by Gasteiger charge is -2.08. The van der Waals surface area contributed by atoms with Crippen molar-refractivity contribution in [2.45, 2.75) is 24.7 Å². The number of Topliss-reactive ketones (excluding diaryl/α,β-unsaturated/α-hetero) is 1. The van der Waals surface area contributed by atoms with Gasteiger partial charge in [-0.1, -0.05) is 0 Å². The highest BCUT2D eigenvalue weighted by Gasteiger charge is 2.19. The van der Waals surface area contributed by atoms with Gasteiger partial charge in [0.05, 0.1) is 4.90 Å². The molecule has 1 aliphatic rings. The summed E-state index contributed by atoms with van der Waals surface area (Å²) in [6.07, 6.45) is 1.23. The third-order valence-electron chi connectivity index (χ3n) is 2.95. The van der Waals surface area contributed by atoms with Crippen molar-refractivity contribution < 1.29 is 13.2 Å². The van der Waals surface area contributed by atoms with Gasteiger partial charge in [-0.3, -0.25) is 4.79 Å². The van der Waals surface area contributed by atoms with E-state index < -0.39 is 10.0 Å². The molecule has 0 aromatic heterocycles. The van der Waals surface area contributed by atoms with Crippen molar-refractivity contribution >= 4 is 21.5 Å². The monoisotopic (exact) mass is 266 g/mol. The highest BCUT2D eigenvalue weighted by atomic mass is 32.2. The largest absolute Gasteiger partial charge is 0.359 e. The van der Waals surface area contributed by atoms with E-state index in [1.807, 2.05) is 0 Å². The standard InChI is InChI=1S/C12H14N2O3S/c1-8-11(6-7-12(8)15)14-9-2-4-10(5-3-9)18(13,16)17/h2-5,14H,6-7H2,1H3,(H2,13,16,17). The van der Waals surface area contributed by atoms with Crippen molar-refractivity contribution in [3.05, 3.63) is 35.5 Å². The van der Waals surface area contributed by atoms with Gasteiger partial charge < -0.3 is 5.32 Å². The van der Waals surface area contributed by atoms with Gasteiger partial charge in [0.1, 0.15) is 0 Å². The molecule has 0 fully saturated rings. The van der Waals surface area contributed by atoms with Gasteiger partial charge in [-0.05, 0) is 37.6 Å². The predicted molar refractivity (Wildman–Crippen MR) is 68.4 cm³/mol. The molecule has 0 atom stereocenters. The van der Waals surface area contributed by atoms with E-state index in [4.69, 9.17) is 5.14 Å². The molecule has 0 spiro atoms. The molecule has 18 heavy (non-hydrogen) atoms. The molecule has 0 radical (unpaired) electrons. The van der Waals surface area contributed by atoms with Crippen LogP contribution in [0.2, 0.25) is 0 Å². The van der Waals surface area contributed by atoms with Crippen LogP contribution in [0.25, 0.3) is 0 Å². The summed E-state index contributed by atoms with van der Waals surface area (Å²) in [5, 5.41) is 8.13. The van der Waals surface area contributed by atoms with Crippen LogP contribution in [0.3, 0.4) is 0 Å². The van der Waals surface area contributed by atoms with Gasteiger partial charge in [0, 0.05) is 23.4 Å². The fourth-order valence-corrected chi connectivity index (χ4v) is 2.36. The number of hydrogen-bond acceptors (Lipinski definition) is 4. The van der Waals surface area contributed by atoms with Crippen molar-refractivity contribution in [2.75, 3.05) is 5.32 Å². The first-order valence-electron chi connectivity index (χ1n) is 5.51. The van der Waals surface area contributed by atoms with Crippen molar-refractivity contribution in [3.8, 4) is 0 Å². The quantitative estimate of drug-likeness (QED) is 0.865. The minimum Gasteiger partial charge on any atom is -0.359 e. The van der Waals surface area contributed by atoms with Crippen LogP contribution in [0.1, 0.15) is 19.8 Å². The number of benzene rings is 1. The first-order valence-corrected chi connectivity index (χ1v) is 7.05. The maximum atomic E-state index is 11.4. The average Bonchev–Trinajstić information content (AvgIpc) is 2.61. The third kappa shape index (κ3) is 2.60. The van der Waals surface area contributed by atoms with Gasteiger partial charge in [-0.15, -0.1) is 0 Å². The van der Waals surface area contributed by atoms with Gasteiger partial charge in [0.15, 0.2) is 5.78 Å². The number of allylic oxidation sites excluding steroid dienone is 2. The maximum Gasteiger partial charge on any atom is 0.238 e. The van der Waals surface area contributed by atoms with Gasteiger partial charge in [0.2, 0.25) is 10.0 Å². The van der Waals surface area contributed by atoms with E-state index in [1.165, 1.54) is 12.1 Å². The summed E-state index contributed by atoms with van der Waals surface area (Å²) in [7, 11) is -3.66. The summed E-state index contributed by atoms with van der Waals surface area (Å²) >= 11 is 0. The highest BCUT2D eigenvalue weighted by molar-refractivity contribution is 7.89. The summed E-state index contributed by atoms with van der Waals surface area (Å²) in [5.74, 6) is 0.152. The van der Waals surface area contributed by atoms with E-state index in [0.29, 0.717) is 12.8 Å². The zero-order valence-corrected chi connectivity index (χ0v) is 10.8. The van der Waals surface area contributed by atoms with Crippen LogP contribution in [-0.4, -0.2) is 14.2 Å². The second-order valence-electron chi connectivity index (χ2n) is 4.22. The Hall–Kier alpha value is -1.66. The summed E-state index contributed by atoms with van der Waals surface area (Å²) in [6, 6.07) is 6.13. The van der Waals surface area contributed by atoms with E-state index in [0.717, 1.165) is 17.0 Å². The van der Waals surface area contributed by atoms with Crippen LogP contribution in [0.5, 0.6) is 0 Å². The first kappa shape index (κ1) is 12.8. The normalized spacial score (nSPS) is 16.2. The van der Waals surface area contributed by atoms with Crippen LogP contribution in [-0.2, 0) is 14.8 Å². The van der Waals surface area contributed by atoms with Crippen molar-refractivity contribution in [3.63, 3.8) is 0 Å². The molecule has 6 heteroatoms. The lowest BCUT2D eigenvalue weighted by molar-refractivity contribution is -0.114. The van der Waals surface area contributed by atoms with Crippen LogP contribution < -0.4 is 10.5 Å². The van der Waals surface area contributed by atoms with E-state index in [2.05, 4.69) is 5.32 Å². The molecular formula is C12H14N2O3S.